The molecule has 0 unspecified atom stereocenters. The van der Waals surface area contributed by atoms with Gasteiger partial charge in [0.25, 0.3) is 0 Å². The molecule has 0 aliphatic heterocycles. The van der Waals surface area contributed by atoms with Crippen LogP contribution in [0.1, 0.15) is 46.2 Å². The zero-order chi connectivity index (χ0) is 19.3. The monoisotopic (exact) mass is 361 g/mol. The van der Waals surface area contributed by atoms with Gasteiger partial charge in [0.15, 0.2) is 0 Å². The number of carbonyl (C=O) groups is 2. The third-order valence-electron chi connectivity index (χ3n) is 3.68. The standard InChI is InChI=1S/C19H24FN3O3/c1-5-26-18(25)11-10-17(24)21-16-12-15(19(2,3)4)22-23(16)14-8-6-13(20)7-9-14/h6-9,12H,5,10-11H2,1-4H3,(H,21,24). The summed E-state index contributed by atoms with van der Waals surface area (Å²) in [5, 5.41) is 7.32. The number of nitrogens with one attached hydrogen (secondary N) is 1. The quantitative estimate of drug-likeness (QED) is 0.798. The number of carbonyl (C=O) groups excluding carboxylic acids is 2. The molecule has 0 fully saturated rings. The summed E-state index contributed by atoms with van der Waals surface area (Å²) in [5.74, 6) is -0.612. The van der Waals surface area contributed by atoms with E-state index in [0.29, 0.717) is 11.5 Å². The molecule has 0 atom stereocenters. The highest BCUT2D eigenvalue weighted by atomic mass is 19.1. The van der Waals surface area contributed by atoms with Crippen molar-refractivity contribution in [2.75, 3.05) is 11.9 Å². The van der Waals surface area contributed by atoms with E-state index in [1.807, 2.05) is 20.8 Å². The summed E-state index contributed by atoms with van der Waals surface area (Å²) < 4.78 is 19.6. The first-order chi connectivity index (χ1) is 12.2. The van der Waals surface area contributed by atoms with Crippen molar-refractivity contribution in [3.05, 3.63) is 41.8 Å². The molecular weight excluding hydrogens is 337 g/mol. The Morgan fingerprint density at radius 2 is 1.85 bits per heavy atom. The summed E-state index contributed by atoms with van der Waals surface area (Å²) in [6, 6.07) is 7.62. The van der Waals surface area contributed by atoms with Crippen LogP contribution < -0.4 is 5.32 Å². The Balaban J connectivity index is 2.23. The molecular formula is C19H24FN3O3. The fourth-order valence-corrected chi connectivity index (χ4v) is 2.27. The molecule has 1 aromatic carbocycles. The number of amides is 1. The molecule has 1 amide bonds. The number of nitrogens with zero attached hydrogens (tertiary/aromatic N) is 2. The Bertz CT molecular complexity index is 776. The first-order valence-electron chi connectivity index (χ1n) is 8.52. The van der Waals surface area contributed by atoms with Crippen molar-refractivity contribution in [2.45, 2.75) is 46.0 Å². The molecule has 26 heavy (non-hydrogen) atoms. The zero-order valence-electron chi connectivity index (χ0n) is 15.5. The van der Waals surface area contributed by atoms with Gasteiger partial charge in [0, 0.05) is 17.9 Å². The molecule has 0 bridgehead atoms. The minimum absolute atomic E-state index is 0.0104. The van der Waals surface area contributed by atoms with Crippen molar-refractivity contribution in [3.63, 3.8) is 0 Å². The van der Waals surface area contributed by atoms with Gasteiger partial charge in [0.2, 0.25) is 5.91 Å². The smallest absolute Gasteiger partial charge is 0.306 e. The lowest BCUT2D eigenvalue weighted by atomic mass is 9.92. The number of ether oxygens (including phenoxy) is 1. The number of rotatable bonds is 6. The highest BCUT2D eigenvalue weighted by Crippen LogP contribution is 2.26. The summed E-state index contributed by atoms with van der Waals surface area (Å²) in [7, 11) is 0. The Labute approximate surface area is 152 Å². The first-order valence-corrected chi connectivity index (χ1v) is 8.52. The largest absolute Gasteiger partial charge is 0.466 e. The van der Waals surface area contributed by atoms with Crippen molar-refractivity contribution < 1.29 is 18.7 Å². The molecule has 2 aromatic rings. The van der Waals surface area contributed by atoms with Crippen LogP contribution in [0.5, 0.6) is 0 Å². The van der Waals surface area contributed by atoms with Gasteiger partial charge >= 0.3 is 5.97 Å². The molecule has 2 rings (SSSR count). The normalized spacial score (nSPS) is 11.3. The molecule has 140 valence electrons. The van der Waals surface area contributed by atoms with Gasteiger partial charge in [-0.15, -0.1) is 0 Å². The van der Waals surface area contributed by atoms with E-state index >= 15 is 0 Å². The van der Waals surface area contributed by atoms with Gasteiger partial charge in [-0.2, -0.15) is 5.10 Å². The average Bonchev–Trinajstić information content (AvgIpc) is 2.98. The van der Waals surface area contributed by atoms with Gasteiger partial charge in [-0.3, -0.25) is 9.59 Å². The molecule has 0 spiro atoms. The minimum atomic E-state index is -0.412. The number of anilines is 1. The van der Waals surface area contributed by atoms with E-state index in [0.717, 1.165) is 5.69 Å². The van der Waals surface area contributed by atoms with Crippen LogP contribution in [0.4, 0.5) is 10.2 Å². The van der Waals surface area contributed by atoms with Crippen molar-refractivity contribution >= 4 is 17.7 Å². The fourth-order valence-electron chi connectivity index (χ4n) is 2.27. The highest BCUT2D eigenvalue weighted by Gasteiger charge is 2.21. The van der Waals surface area contributed by atoms with Gasteiger partial charge in [0.1, 0.15) is 11.6 Å². The predicted octanol–water partition coefficient (Wildman–Crippen LogP) is 3.59. The van der Waals surface area contributed by atoms with Crippen LogP contribution in [0.25, 0.3) is 5.69 Å². The summed E-state index contributed by atoms with van der Waals surface area (Å²) in [4.78, 5) is 23.6. The first kappa shape index (κ1) is 19.6. The van der Waals surface area contributed by atoms with Gasteiger partial charge < -0.3 is 10.1 Å². The number of aromatic nitrogens is 2. The molecule has 0 aliphatic rings. The molecule has 0 saturated heterocycles. The number of hydrogen-bond acceptors (Lipinski definition) is 4. The van der Waals surface area contributed by atoms with Crippen LogP contribution in [0, 0.1) is 5.82 Å². The zero-order valence-corrected chi connectivity index (χ0v) is 15.5. The lowest BCUT2D eigenvalue weighted by molar-refractivity contribution is -0.144. The summed E-state index contributed by atoms with van der Waals surface area (Å²) in [5.41, 5.74) is 1.18. The lowest BCUT2D eigenvalue weighted by Crippen LogP contribution is -2.17. The van der Waals surface area contributed by atoms with E-state index in [2.05, 4.69) is 10.4 Å². The molecule has 1 heterocycles. The maximum Gasteiger partial charge on any atom is 0.306 e. The molecule has 0 aliphatic carbocycles. The topological polar surface area (TPSA) is 73.2 Å². The lowest BCUT2D eigenvalue weighted by Gasteiger charge is -2.14. The van der Waals surface area contributed by atoms with Gasteiger partial charge in [0.05, 0.1) is 24.4 Å². The number of esters is 1. The second kappa shape index (κ2) is 8.12. The highest BCUT2D eigenvalue weighted by molar-refractivity contribution is 5.92. The number of halogens is 1. The molecule has 6 nitrogen and oxygen atoms in total. The molecule has 1 N–H and O–H groups in total. The maximum absolute atomic E-state index is 13.2. The Morgan fingerprint density at radius 1 is 1.19 bits per heavy atom. The van der Waals surface area contributed by atoms with Crippen LogP contribution in [0.15, 0.2) is 30.3 Å². The Kier molecular flexibility index (Phi) is 6.13. The van der Waals surface area contributed by atoms with Crippen LogP contribution in [-0.2, 0) is 19.7 Å². The van der Waals surface area contributed by atoms with Crippen molar-refractivity contribution in [3.8, 4) is 5.69 Å². The molecule has 1 aromatic heterocycles. The second-order valence-electron chi connectivity index (χ2n) is 6.91. The minimum Gasteiger partial charge on any atom is -0.466 e. The predicted molar refractivity (Wildman–Crippen MR) is 96.7 cm³/mol. The second-order valence-corrected chi connectivity index (χ2v) is 6.91. The van der Waals surface area contributed by atoms with Gasteiger partial charge in [-0.1, -0.05) is 20.8 Å². The van der Waals surface area contributed by atoms with E-state index in [9.17, 15) is 14.0 Å². The maximum atomic E-state index is 13.2. The number of benzene rings is 1. The molecule has 0 saturated carbocycles. The summed E-state index contributed by atoms with van der Waals surface area (Å²) >= 11 is 0. The third kappa shape index (κ3) is 5.15. The van der Waals surface area contributed by atoms with Gasteiger partial charge in [-0.05, 0) is 31.2 Å². The third-order valence-corrected chi connectivity index (χ3v) is 3.68. The van der Waals surface area contributed by atoms with Crippen molar-refractivity contribution in [2.24, 2.45) is 0 Å². The molecule has 0 radical (unpaired) electrons. The molecule has 7 heteroatoms. The van der Waals surface area contributed by atoms with Gasteiger partial charge in [-0.25, -0.2) is 9.07 Å². The Morgan fingerprint density at radius 3 is 2.42 bits per heavy atom. The Hall–Kier alpha value is -2.70. The SMILES string of the molecule is CCOC(=O)CCC(=O)Nc1cc(C(C)(C)C)nn1-c1ccc(F)cc1. The fraction of sp³-hybridized carbons (Fsp3) is 0.421. The number of hydrogen-bond donors (Lipinski definition) is 1. The van der Waals surface area contributed by atoms with E-state index in [4.69, 9.17) is 4.74 Å². The van der Waals surface area contributed by atoms with Crippen molar-refractivity contribution in [1.29, 1.82) is 0 Å². The average molecular weight is 361 g/mol. The summed E-state index contributed by atoms with van der Waals surface area (Å²) in [6.45, 7) is 8.03. The van der Waals surface area contributed by atoms with Crippen LogP contribution in [0.2, 0.25) is 0 Å². The summed E-state index contributed by atoms with van der Waals surface area (Å²) in [6.07, 6.45) is 0.0226. The van der Waals surface area contributed by atoms with E-state index in [-0.39, 0.29) is 36.6 Å². The van der Waals surface area contributed by atoms with Crippen LogP contribution >= 0.6 is 0 Å². The van der Waals surface area contributed by atoms with E-state index < -0.39 is 5.97 Å². The van der Waals surface area contributed by atoms with E-state index in [1.54, 1.807) is 29.8 Å². The van der Waals surface area contributed by atoms with E-state index in [1.165, 1.54) is 12.1 Å². The van der Waals surface area contributed by atoms with Crippen LogP contribution in [-0.4, -0.2) is 28.3 Å². The van der Waals surface area contributed by atoms with Crippen LogP contribution in [0.3, 0.4) is 0 Å². The van der Waals surface area contributed by atoms with Crippen molar-refractivity contribution in [1.82, 2.24) is 9.78 Å².